The van der Waals surface area contributed by atoms with E-state index in [2.05, 4.69) is 34.1 Å². The lowest BCUT2D eigenvalue weighted by Gasteiger charge is -2.26. The lowest BCUT2D eigenvalue weighted by atomic mass is 9.98. The van der Waals surface area contributed by atoms with E-state index in [4.69, 9.17) is 37.8 Å². The van der Waals surface area contributed by atoms with Gasteiger partial charge in [0, 0.05) is 59.1 Å². The first-order valence-corrected chi connectivity index (χ1v) is 16.1. The minimum Gasteiger partial charge on any atom is -0.494 e. The molecule has 1 aliphatic rings. The first-order valence-electron chi connectivity index (χ1n) is 15.3. The number of morpholine rings is 1. The molecule has 1 fully saturated rings. The highest BCUT2D eigenvalue weighted by Crippen LogP contribution is 2.42. The fraction of sp³-hybridized carbons (Fsp3) is 0.471. The molecule has 0 amide bonds. The number of benzene rings is 2. The van der Waals surface area contributed by atoms with Crippen LogP contribution in [0.15, 0.2) is 24.3 Å². The number of aryl methyl sites for hydroxylation is 5. The van der Waals surface area contributed by atoms with Crippen molar-refractivity contribution in [3.05, 3.63) is 68.1 Å². The zero-order valence-corrected chi connectivity index (χ0v) is 27.8. The van der Waals surface area contributed by atoms with Gasteiger partial charge in [-0.1, -0.05) is 29.3 Å². The zero-order valence-electron chi connectivity index (χ0n) is 26.3. The van der Waals surface area contributed by atoms with Crippen LogP contribution in [0.4, 0.5) is 0 Å². The van der Waals surface area contributed by atoms with Crippen molar-refractivity contribution in [3.63, 3.8) is 0 Å². The second-order valence-electron chi connectivity index (χ2n) is 11.7. The van der Waals surface area contributed by atoms with Gasteiger partial charge in [-0.2, -0.15) is 5.10 Å². The average molecular weight is 642 g/mol. The minimum atomic E-state index is -0.832. The van der Waals surface area contributed by atoms with E-state index in [1.807, 2.05) is 39.0 Å². The summed E-state index contributed by atoms with van der Waals surface area (Å²) in [5, 5.41) is 17.0. The number of nitrogens with zero attached hydrogens (tertiary/aromatic N) is 4. The Labute approximate surface area is 269 Å². The summed E-state index contributed by atoms with van der Waals surface area (Å²) in [4.78, 5) is 14.1. The third kappa shape index (κ3) is 6.79. The van der Waals surface area contributed by atoms with Gasteiger partial charge in [-0.05, 0) is 82.3 Å². The van der Waals surface area contributed by atoms with Crippen molar-refractivity contribution in [2.75, 3.05) is 39.5 Å². The van der Waals surface area contributed by atoms with Crippen LogP contribution < -0.4 is 4.74 Å². The Balaban J connectivity index is 1.47. The van der Waals surface area contributed by atoms with Crippen molar-refractivity contribution in [2.45, 2.75) is 67.0 Å². The molecule has 2 aromatic carbocycles. The lowest BCUT2D eigenvalue weighted by molar-refractivity contribution is -0.137. The zero-order chi connectivity index (χ0) is 31.5. The highest BCUT2D eigenvalue weighted by molar-refractivity contribution is 6.35. The van der Waals surface area contributed by atoms with E-state index < -0.39 is 5.97 Å². The number of carbonyl (C=O) groups is 1. The largest absolute Gasteiger partial charge is 0.494 e. The van der Waals surface area contributed by atoms with Crippen LogP contribution in [0.3, 0.4) is 0 Å². The van der Waals surface area contributed by atoms with Crippen molar-refractivity contribution in [3.8, 4) is 16.9 Å². The van der Waals surface area contributed by atoms with E-state index in [9.17, 15) is 9.90 Å². The molecule has 0 unspecified atom stereocenters. The van der Waals surface area contributed by atoms with Gasteiger partial charge in [-0.15, -0.1) is 0 Å². The monoisotopic (exact) mass is 640 g/mol. The summed E-state index contributed by atoms with van der Waals surface area (Å²) < 4.78 is 15.8. The molecule has 1 aliphatic heterocycles. The highest BCUT2D eigenvalue weighted by Gasteiger charge is 2.25. The molecule has 0 spiro atoms. The van der Waals surface area contributed by atoms with Crippen LogP contribution in [0.5, 0.6) is 5.75 Å². The molecular weight excluding hydrogens is 599 g/mol. The van der Waals surface area contributed by atoms with E-state index in [1.54, 1.807) is 0 Å². The second kappa shape index (κ2) is 13.9. The molecule has 0 atom stereocenters. The molecule has 1 N–H and O–H groups in total. The number of halogens is 2. The minimum absolute atomic E-state index is 0.0190. The van der Waals surface area contributed by atoms with Gasteiger partial charge in [-0.25, -0.2) is 0 Å². The van der Waals surface area contributed by atoms with E-state index >= 15 is 0 Å². The fourth-order valence-corrected chi connectivity index (χ4v) is 6.78. The molecule has 8 nitrogen and oxygen atoms in total. The summed E-state index contributed by atoms with van der Waals surface area (Å²) in [6.07, 6.45) is 1.60. The van der Waals surface area contributed by atoms with Crippen molar-refractivity contribution in [1.82, 2.24) is 19.2 Å². The Morgan fingerprint density at radius 3 is 2.36 bits per heavy atom. The quantitative estimate of drug-likeness (QED) is 0.165. The predicted molar refractivity (Wildman–Crippen MR) is 177 cm³/mol. The molecule has 10 heteroatoms. The third-order valence-corrected chi connectivity index (χ3v) is 9.64. The SMILES string of the molecule is Cc1cc(OCCCc2c(C)n(CCC(=O)O)c3c(-c4c(C)nn(CCN5CCOCC5)c4C)c(Cl)ccc23)cc(C)c1Cl. The van der Waals surface area contributed by atoms with Crippen LogP contribution in [0.2, 0.25) is 10.0 Å². The standard InChI is InChI=1S/C34H42Cl2N4O4/c1-21-19-26(20-22(2)33(21)36)44-16-6-7-27-24(4)39(11-10-30(41)42)34-28(27)8-9-29(35)32(34)31-23(3)37-40(25(31)5)13-12-38-14-17-43-18-15-38/h8-9,19-20H,6-7,10-18H2,1-5H3,(H,41,42). The third-order valence-electron chi connectivity index (χ3n) is 8.73. The number of hydrogen-bond acceptors (Lipinski definition) is 5. The van der Waals surface area contributed by atoms with Gasteiger partial charge in [0.25, 0.3) is 0 Å². The first kappa shape index (κ1) is 32.4. The van der Waals surface area contributed by atoms with Crippen LogP contribution in [0, 0.1) is 34.6 Å². The Morgan fingerprint density at radius 1 is 0.977 bits per heavy atom. The molecule has 236 valence electrons. The molecule has 0 radical (unpaired) electrons. The van der Waals surface area contributed by atoms with Gasteiger partial charge in [0.2, 0.25) is 0 Å². The number of fused-ring (bicyclic) bond motifs is 1. The lowest BCUT2D eigenvalue weighted by Crippen LogP contribution is -2.38. The number of ether oxygens (including phenoxy) is 2. The highest BCUT2D eigenvalue weighted by atomic mass is 35.5. The molecule has 0 bridgehead atoms. The van der Waals surface area contributed by atoms with Crippen molar-refractivity contribution < 1.29 is 19.4 Å². The molecule has 0 aliphatic carbocycles. The van der Waals surface area contributed by atoms with Crippen molar-refractivity contribution in [2.24, 2.45) is 0 Å². The second-order valence-corrected chi connectivity index (χ2v) is 12.5. The Hall–Kier alpha value is -3.04. The van der Waals surface area contributed by atoms with E-state index in [0.29, 0.717) is 18.2 Å². The van der Waals surface area contributed by atoms with E-state index in [-0.39, 0.29) is 6.42 Å². The maximum atomic E-state index is 11.7. The van der Waals surface area contributed by atoms with Crippen molar-refractivity contribution >= 4 is 40.1 Å². The molecule has 4 aromatic rings. The van der Waals surface area contributed by atoms with E-state index in [0.717, 1.165) is 113 Å². The smallest absolute Gasteiger partial charge is 0.305 e. The van der Waals surface area contributed by atoms with Gasteiger partial charge >= 0.3 is 5.97 Å². The van der Waals surface area contributed by atoms with Crippen LogP contribution in [-0.2, 0) is 29.0 Å². The Bertz CT molecular complexity index is 1650. The van der Waals surface area contributed by atoms with Crippen molar-refractivity contribution in [1.29, 1.82) is 0 Å². The predicted octanol–water partition coefficient (Wildman–Crippen LogP) is 7.17. The summed E-state index contributed by atoms with van der Waals surface area (Å²) >= 11 is 13.3. The molecule has 5 rings (SSSR count). The molecule has 1 saturated heterocycles. The van der Waals surface area contributed by atoms with Gasteiger partial charge in [-0.3, -0.25) is 14.4 Å². The summed E-state index contributed by atoms with van der Waals surface area (Å²) in [5.74, 6) is -0.0164. The van der Waals surface area contributed by atoms with Crippen LogP contribution >= 0.6 is 23.2 Å². The maximum absolute atomic E-state index is 11.7. The number of aliphatic carboxylic acids is 1. The molecule has 3 heterocycles. The summed E-state index contributed by atoms with van der Waals surface area (Å²) in [7, 11) is 0. The van der Waals surface area contributed by atoms with Crippen LogP contribution in [0.25, 0.3) is 22.0 Å². The summed E-state index contributed by atoms with van der Waals surface area (Å²) in [6, 6.07) is 7.97. The summed E-state index contributed by atoms with van der Waals surface area (Å²) in [6.45, 7) is 16.1. The normalized spacial score (nSPS) is 14.1. The Morgan fingerprint density at radius 2 is 1.68 bits per heavy atom. The van der Waals surface area contributed by atoms with Gasteiger partial charge < -0.3 is 19.1 Å². The van der Waals surface area contributed by atoms with Crippen LogP contribution in [-0.4, -0.2) is 69.8 Å². The summed E-state index contributed by atoms with van der Waals surface area (Å²) in [5.41, 5.74) is 9.10. The average Bonchev–Trinajstić information content (AvgIpc) is 3.42. The maximum Gasteiger partial charge on any atom is 0.305 e. The fourth-order valence-electron chi connectivity index (χ4n) is 6.42. The topological polar surface area (TPSA) is 81.8 Å². The number of rotatable bonds is 12. The number of hydrogen-bond donors (Lipinski definition) is 1. The Kier molecular flexibility index (Phi) is 10.3. The van der Waals surface area contributed by atoms with Gasteiger partial charge in [0.15, 0.2) is 0 Å². The van der Waals surface area contributed by atoms with Gasteiger partial charge in [0.1, 0.15) is 5.75 Å². The molecule has 44 heavy (non-hydrogen) atoms. The van der Waals surface area contributed by atoms with Crippen LogP contribution in [0.1, 0.15) is 46.6 Å². The first-order chi connectivity index (χ1) is 21.1. The molecule has 0 saturated carbocycles. The van der Waals surface area contributed by atoms with E-state index in [1.165, 1.54) is 5.56 Å². The number of carboxylic acid groups (broad SMARTS) is 1. The van der Waals surface area contributed by atoms with Gasteiger partial charge in [0.05, 0.1) is 49.0 Å². The molecule has 2 aromatic heterocycles. The number of aromatic nitrogens is 3. The molecular formula is C34H42Cl2N4O4. The number of carboxylic acids is 1.